The van der Waals surface area contributed by atoms with Crippen molar-refractivity contribution in [3.63, 3.8) is 0 Å². The van der Waals surface area contributed by atoms with E-state index in [4.69, 9.17) is 32.4 Å². The van der Waals surface area contributed by atoms with Gasteiger partial charge in [-0.1, -0.05) is 29.3 Å². The monoisotopic (exact) mass is 509 g/mol. The number of phenols is 1. The Morgan fingerprint density at radius 3 is 2.37 bits per heavy atom. The van der Waals surface area contributed by atoms with Gasteiger partial charge in [-0.3, -0.25) is 14.5 Å². The molecule has 9 heteroatoms. The van der Waals surface area contributed by atoms with Gasteiger partial charge in [0.1, 0.15) is 5.58 Å². The largest absolute Gasteiger partial charge is 0.504 e. The number of amides is 1. The Morgan fingerprint density at radius 2 is 1.69 bits per heavy atom. The van der Waals surface area contributed by atoms with Crippen LogP contribution in [0.4, 0.5) is 5.69 Å². The van der Waals surface area contributed by atoms with Crippen molar-refractivity contribution in [2.75, 3.05) is 12.0 Å². The Bertz CT molecular complexity index is 1520. The van der Waals surface area contributed by atoms with Crippen LogP contribution < -0.4 is 9.64 Å². The summed E-state index contributed by atoms with van der Waals surface area (Å²) in [6, 6.07) is 16.2. The molecule has 1 unspecified atom stereocenters. The predicted octanol–water partition coefficient (Wildman–Crippen LogP) is 6.24. The first-order valence-electron chi connectivity index (χ1n) is 10.4. The summed E-state index contributed by atoms with van der Waals surface area (Å²) in [6.07, 6.45) is 0. The number of fused-ring (bicyclic) bond motifs is 1. The van der Waals surface area contributed by atoms with Gasteiger partial charge < -0.3 is 19.4 Å². The highest BCUT2D eigenvalue weighted by atomic mass is 35.5. The lowest BCUT2D eigenvalue weighted by atomic mass is 9.94. The fourth-order valence-electron chi connectivity index (χ4n) is 4.16. The van der Waals surface area contributed by atoms with Gasteiger partial charge in [-0.05, 0) is 66.2 Å². The molecule has 35 heavy (non-hydrogen) atoms. The number of aliphatic hydroxyl groups is 1. The fourth-order valence-corrected chi connectivity index (χ4v) is 4.46. The lowest BCUT2D eigenvalue weighted by Gasteiger charge is -2.27. The molecule has 0 spiro atoms. The van der Waals surface area contributed by atoms with Gasteiger partial charge in [0.15, 0.2) is 23.0 Å². The average molecular weight is 510 g/mol. The van der Waals surface area contributed by atoms with Crippen molar-refractivity contribution in [2.24, 2.45) is 0 Å². The first-order valence-corrected chi connectivity index (χ1v) is 11.2. The molecule has 1 aliphatic heterocycles. The molecule has 176 valence electrons. The second-order valence-electron chi connectivity index (χ2n) is 7.87. The number of benzene rings is 3. The predicted molar refractivity (Wildman–Crippen MR) is 132 cm³/mol. The Labute approximate surface area is 209 Å². The zero-order chi connectivity index (χ0) is 24.9. The van der Waals surface area contributed by atoms with Crippen molar-refractivity contribution in [3.05, 3.63) is 99.4 Å². The van der Waals surface area contributed by atoms with Crippen LogP contribution in [0.2, 0.25) is 10.0 Å². The summed E-state index contributed by atoms with van der Waals surface area (Å²) in [5.74, 6) is -2.23. The van der Waals surface area contributed by atoms with Crippen LogP contribution in [0.5, 0.6) is 11.5 Å². The van der Waals surface area contributed by atoms with Crippen LogP contribution in [-0.4, -0.2) is 29.0 Å². The summed E-state index contributed by atoms with van der Waals surface area (Å²) in [7, 11) is 1.41. The number of aromatic hydroxyl groups is 1. The number of ketones is 1. The third-order valence-corrected chi connectivity index (χ3v) is 6.27. The van der Waals surface area contributed by atoms with Crippen LogP contribution in [-0.2, 0) is 4.79 Å². The van der Waals surface area contributed by atoms with E-state index in [1.165, 1.54) is 30.2 Å². The van der Waals surface area contributed by atoms with E-state index < -0.39 is 23.5 Å². The number of phenolic OH excluding ortho intramolecular Hbond substituents is 1. The number of carbonyl (C=O) groups excluding carboxylic acids is 2. The number of methoxy groups -OCH3 is 1. The highest BCUT2D eigenvalue weighted by Gasteiger charge is 2.45. The Kier molecular flexibility index (Phi) is 5.67. The minimum atomic E-state index is -1.07. The van der Waals surface area contributed by atoms with Gasteiger partial charge in [-0.25, -0.2) is 0 Å². The summed E-state index contributed by atoms with van der Waals surface area (Å²) in [6.45, 7) is 0. The molecular weight excluding hydrogens is 493 g/mol. The number of hydrogen-bond acceptors (Lipinski definition) is 6. The van der Waals surface area contributed by atoms with Gasteiger partial charge in [-0.15, -0.1) is 0 Å². The molecule has 2 N–H and O–H groups in total. The summed E-state index contributed by atoms with van der Waals surface area (Å²) in [5.41, 5.74) is 0.999. The van der Waals surface area contributed by atoms with E-state index in [9.17, 15) is 19.8 Å². The Hall–Kier alpha value is -3.94. The maximum Gasteiger partial charge on any atom is 0.294 e. The summed E-state index contributed by atoms with van der Waals surface area (Å²) >= 11 is 12.1. The third kappa shape index (κ3) is 3.88. The third-order valence-electron chi connectivity index (χ3n) is 5.78. The molecule has 0 aliphatic carbocycles. The molecule has 4 aromatic rings. The first kappa shape index (κ1) is 22.8. The maximum absolute atomic E-state index is 13.6. The molecule has 0 fully saturated rings. The first-order chi connectivity index (χ1) is 16.8. The van der Waals surface area contributed by atoms with Crippen LogP contribution in [0.1, 0.15) is 22.2 Å². The van der Waals surface area contributed by atoms with Crippen molar-refractivity contribution in [1.82, 2.24) is 0 Å². The van der Waals surface area contributed by atoms with Crippen molar-refractivity contribution >= 4 is 51.5 Å². The minimum absolute atomic E-state index is 0.0719. The molecule has 1 amide bonds. The molecule has 3 aromatic carbocycles. The highest BCUT2D eigenvalue weighted by molar-refractivity contribution is 6.31. The maximum atomic E-state index is 13.6. The molecule has 2 heterocycles. The SMILES string of the molecule is COc1ccc(C2C(C(=O)c3cc4cc(Cl)ccc4o3)=C(O)C(=O)N2c2ccc(Cl)cc2)cc1O. The minimum Gasteiger partial charge on any atom is -0.504 e. The van der Waals surface area contributed by atoms with E-state index in [0.29, 0.717) is 32.3 Å². The molecule has 7 nitrogen and oxygen atoms in total. The topological polar surface area (TPSA) is 100 Å². The van der Waals surface area contributed by atoms with Gasteiger partial charge in [0.2, 0.25) is 5.78 Å². The lowest BCUT2D eigenvalue weighted by molar-refractivity contribution is -0.117. The number of halogens is 2. The second-order valence-corrected chi connectivity index (χ2v) is 8.74. The van der Waals surface area contributed by atoms with Gasteiger partial charge in [0.05, 0.1) is 18.7 Å². The molecule has 5 rings (SSSR count). The molecule has 1 atom stereocenters. The number of ether oxygens (including phenoxy) is 1. The summed E-state index contributed by atoms with van der Waals surface area (Å²) in [4.78, 5) is 28.2. The van der Waals surface area contributed by atoms with Crippen LogP contribution in [0, 0.1) is 0 Å². The normalized spacial score (nSPS) is 15.8. The molecule has 0 radical (unpaired) electrons. The van der Waals surface area contributed by atoms with Gasteiger partial charge in [0, 0.05) is 21.1 Å². The number of nitrogens with zero attached hydrogens (tertiary/aromatic N) is 1. The van der Waals surface area contributed by atoms with E-state index in [-0.39, 0.29) is 22.8 Å². The van der Waals surface area contributed by atoms with E-state index in [2.05, 4.69) is 0 Å². The van der Waals surface area contributed by atoms with E-state index in [1.54, 1.807) is 48.5 Å². The van der Waals surface area contributed by atoms with E-state index >= 15 is 0 Å². The number of aliphatic hydroxyl groups excluding tert-OH is 1. The van der Waals surface area contributed by atoms with Crippen molar-refractivity contribution < 1.29 is 29.0 Å². The van der Waals surface area contributed by atoms with Crippen LogP contribution in [0.15, 0.2) is 82.5 Å². The number of hydrogen-bond donors (Lipinski definition) is 2. The molecule has 0 saturated carbocycles. The highest BCUT2D eigenvalue weighted by Crippen LogP contribution is 2.44. The molecule has 0 saturated heterocycles. The summed E-state index contributed by atoms with van der Waals surface area (Å²) in [5, 5.41) is 22.8. The van der Waals surface area contributed by atoms with Crippen LogP contribution in [0.3, 0.4) is 0 Å². The molecule has 0 bridgehead atoms. The number of carbonyl (C=O) groups is 2. The fraction of sp³-hybridized carbons (Fsp3) is 0.0769. The standard InChI is InChI=1S/C26H17Cl2NO6/c1-34-20-8-2-13(11-18(20)30)23-22(24(31)21-12-14-10-16(28)5-9-19(14)35-21)25(32)26(33)29(23)17-6-3-15(27)4-7-17/h2-12,23,30,32H,1H3. The Balaban J connectivity index is 1.67. The molecule has 1 aromatic heterocycles. The zero-order valence-corrected chi connectivity index (χ0v) is 19.7. The molecular formula is C26H17Cl2NO6. The quantitative estimate of drug-likeness (QED) is 0.309. The van der Waals surface area contributed by atoms with Crippen molar-refractivity contribution in [3.8, 4) is 11.5 Å². The second kappa shape index (κ2) is 8.69. The number of rotatable bonds is 5. The Morgan fingerprint density at radius 1 is 0.971 bits per heavy atom. The van der Waals surface area contributed by atoms with Gasteiger partial charge >= 0.3 is 0 Å². The van der Waals surface area contributed by atoms with Crippen LogP contribution >= 0.6 is 23.2 Å². The zero-order valence-electron chi connectivity index (χ0n) is 18.2. The number of furan rings is 1. The number of anilines is 1. The van der Waals surface area contributed by atoms with Gasteiger partial charge in [-0.2, -0.15) is 0 Å². The smallest absolute Gasteiger partial charge is 0.294 e. The van der Waals surface area contributed by atoms with Crippen molar-refractivity contribution in [1.29, 1.82) is 0 Å². The number of Topliss-reactive ketones (excluding diaryl/α,β-unsaturated/α-hetero) is 1. The van der Waals surface area contributed by atoms with Gasteiger partial charge in [0.25, 0.3) is 5.91 Å². The van der Waals surface area contributed by atoms with Crippen molar-refractivity contribution in [2.45, 2.75) is 6.04 Å². The lowest BCUT2D eigenvalue weighted by Crippen LogP contribution is -2.31. The summed E-state index contributed by atoms with van der Waals surface area (Å²) < 4.78 is 10.8. The van der Waals surface area contributed by atoms with E-state index in [1.807, 2.05) is 0 Å². The van der Waals surface area contributed by atoms with E-state index in [0.717, 1.165) is 0 Å². The average Bonchev–Trinajstić information content (AvgIpc) is 3.38. The van der Waals surface area contributed by atoms with Crippen LogP contribution in [0.25, 0.3) is 11.0 Å². The molecule has 1 aliphatic rings.